The fraction of sp³-hybridized carbons (Fsp3) is 0.381. The molecule has 2 aliphatic rings. The van der Waals surface area contributed by atoms with Gasteiger partial charge in [-0.1, -0.05) is 24.3 Å². The van der Waals surface area contributed by atoms with Crippen LogP contribution in [-0.2, 0) is 27.4 Å². The van der Waals surface area contributed by atoms with Gasteiger partial charge in [0, 0.05) is 26.2 Å². The first-order valence-electron chi connectivity index (χ1n) is 9.83. The number of rotatable bonds is 3. The Hall–Kier alpha value is -2.59. The second-order valence-corrected chi connectivity index (χ2v) is 9.51. The molecule has 0 saturated carbocycles. The molecule has 0 N–H and O–H groups in total. The van der Waals surface area contributed by atoms with Crippen LogP contribution in [0.5, 0.6) is 5.75 Å². The summed E-state index contributed by atoms with van der Waals surface area (Å²) in [6.07, 6.45) is -4.07. The maximum Gasteiger partial charge on any atom is 0.416 e. The minimum atomic E-state index is -4.63. The lowest BCUT2D eigenvalue weighted by molar-refractivity contribution is -0.138. The summed E-state index contributed by atoms with van der Waals surface area (Å²) >= 11 is 0. The highest BCUT2D eigenvalue weighted by Crippen LogP contribution is 2.32. The number of alkyl halides is 3. The average molecular weight is 454 g/mol. The minimum absolute atomic E-state index is 0.0223. The summed E-state index contributed by atoms with van der Waals surface area (Å²) < 4.78 is 71.3. The van der Waals surface area contributed by atoms with Gasteiger partial charge in [0.15, 0.2) is 0 Å². The summed E-state index contributed by atoms with van der Waals surface area (Å²) in [6.45, 7) is 0.659. The van der Waals surface area contributed by atoms with E-state index in [1.807, 2.05) is 24.3 Å². The van der Waals surface area contributed by atoms with Crippen molar-refractivity contribution in [2.75, 3.05) is 32.8 Å². The first kappa shape index (κ1) is 21.6. The predicted octanol–water partition coefficient (Wildman–Crippen LogP) is 2.79. The van der Waals surface area contributed by atoms with Crippen LogP contribution in [0.3, 0.4) is 0 Å². The van der Waals surface area contributed by atoms with Crippen LogP contribution >= 0.6 is 0 Å². The molecule has 2 aromatic rings. The van der Waals surface area contributed by atoms with E-state index >= 15 is 0 Å². The Morgan fingerprint density at radius 3 is 2.42 bits per heavy atom. The number of carbonyl (C=O) groups excluding carboxylic acids is 1. The molecular formula is C21H21F3N2O4S. The number of nitrogens with zero attached hydrogens (tertiary/aromatic N) is 2. The minimum Gasteiger partial charge on any atom is -0.492 e. The summed E-state index contributed by atoms with van der Waals surface area (Å²) in [6, 6.07) is 11.2. The van der Waals surface area contributed by atoms with E-state index in [0.29, 0.717) is 12.5 Å². The third kappa shape index (κ3) is 4.40. The molecule has 0 radical (unpaired) electrons. The van der Waals surface area contributed by atoms with Gasteiger partial charge < -0.3 is 9.64 Å². The fourth-order valence-corrected chi connectivity index (χ4v) is 5.34. The van der Waals surface area contributed by atoms with Crippen molar-refractivity contribution in [3.8, 4) is 5.75 Å². The second kappa shape index (κ2) is 8.16. The molecule has 31 heavy (non-hydrogen) atoms. The Morgan fingerprint density at radius 1 is 1.00 bits per heavy atom. The molecule has 1 atom stereocenters. The molecule has 1 amide bonds. The van der Waals surface area contributed by atoms with E-state index in [2.05, 4.69) is 0 Å². The van der Waals surface area contributed by atoms with Crippen LogP contribution in [0.4, 0.5) is 13.2 Å². The van der Waals surface area contributed by atoms with Crippen molar-refractivity contribution in [3.63, 3.8) is 0 Å². The Kier molecular flexibility index (Phi) is 5.69. The van der Waals surface area contributed by atoms with Crippen molar-refractivity contribution in [1.29, 1.82) is 0 Å². The molecule has 2 aromatic carbocycles. The molecule has 1 unspecified atom stereocenters. The van der Waals surface area contributed by atoms with Crippen molar-refractivity contribution in [2.24, 2.45) is 5.92 Å². The molecule has 1 saturated heterocycles. The molecule has 2 aliphatic heterocycles. The number of ether oxygens (including phenoxy) is 1. The summed E-state index contributed by atoms with van der Waals surface area (Å²) in [4.78, 5) is 14.1. The van der Waals surface area contributed by atoms with Crippen molar-refractivity contribution in [1.82, 2.24) is 9.21 Å². The molecule has 1 fully saturated rings. The predicted molar refractivity (Wildman–Crippen MR) is 106 cm³/mol. The Labute approximate surface area is 178 Å². The number of halogens is 3. The first-order valence-corrected chi connectivity index (χ1v) is 11.3. The lowest BCUT2D eigenvalue weighted by atomic mass is 9.95. The van der Waals surface area contributed by atoms with Crippen LogP contribution in [0.2, 0.25) is 0 Å². The van der Waals surface area contributed by atoms with Crippen LogP contribution in [0.1, 0.15) is 11.1 Å². The van der Waals surface area contributed by atoms with E-state index in [4.69, 9.17) is 4.74 Å². The zero-order valence-corrected chi connectivity index (χ0v) is 17.3. The highest BCUT2D eigenvalue weighted by atomic mass is 32.2. The van der Waals surface area contributed by atoms with Crippen LogP contribution < -0.4 is 4.74 Å². The molecule has 166 valence electrons. The number of piperazine rings is 1. The Balaban J connectivity index is 1.41. The maximum atomic E-state index is 12.9. The van der Waals surface area contributed by atoms with E-state index in [0.717, 1.165) is 33.8 Å². The van der Waals surface area contributed by atoms with E-state index in [-0.39, 0.29) is 44.6 Å². The van der Waals surface area contributed by atoms with Gasteiger partial charge in [-0.05, 0) is 36.2 Å². The lowest BCUT2D eigenvalue weighted by Crippen LogP contribution is -2.52. The molecule has 0 aliphatic carbocycles. The molecular weight excluding hydrogens is 433 g/mol. The summed E-state index contributed by atoms with van der Waals surface area (Å²) in [5.41, 5.74) is -0.0576. The summed E-state index contributed by atoms with van der Waals surface area (Å²) in [5.74, 6) is 0.315. The van der Waals surface area contributed by atoms with Crippen molar-refractivity contribution in [2.45, 2.75) is 17.5 Å². The van der Waals surface area contributed by atoms with Crippen LogP contribution in [-0.4, -0.2) is 56.3 Å². The molecule has 0 bridgehead atoms. The van der Waals surface area contributed by atoms with Crippen molar-refractivity contribution < 1.29 is 31.1 Å². The summed E-state index contributed by atoms with van der Waals surface area (Å²) in [5, 5.41) is 0. The normalized spacial score (nSPS) is 20.1. The van der Waals surface area contributed by atoms with Gasteiger partial charge in [-0.2, -0.15) is 17.5 Å². The number of amides is 1. The maximum absolute atomic E-state index is 12.9. The number of benzene rings is 2. The van der Waals surface area contributed by atoms with Crippen LogP contribution in [0.25, 0.3) is 0 Å². The van der Waals surface area contributed by atoms with E-state index in [1.54, 1.807) is 4.90 Å². The van der Waals surface area contributed by atoms with E-state index in [1.165, 1.54) is 0 Å². The second-order valence-electron chi connectivity index (χ2n) is 7.57. The largest absolute Gasteiger partial charge is 0.492 e. The van der Waals surface area contributed by atoms with Gasteiger partial charge in [0.1, 0.15) is 12.4 Å². The zero-order valence-electron chi connectivity index (χ0n) is 16.5. The SMILES string of the molecule is O=C(C1COc2ccccc2C1)N1CCN(S(=O)(=O)c2cccc(C(F)(F)F)c2)CC1. The highest BCUT2D eigenvalue weighted by Gasteiger charge is 2.36. The molecule has 4 rings (SSSR count). The monoisotopic (exact) mass is 454 g/mol. The van der Waals surface area contributed by atoms with Gasteiger partial charge in [-0.3, -0.25) is 4.79 Å². The smallest absolute Gasteiger partial charge is 0.416 e. The van der Waals surface area contributed by atoms with Crippen molar-refractivity contribution in [3.05, 3.63) is 59.7 Å². The van der Waals surface area contributed by atoms with Crippen LogP contribution in [0, 0.1) is 5.92 Å². The van der Waals surface area contributed by atoms with Gasteiger partial charge in [-0.25, -0.2) is 8.42 Å². The quantitative estimate of drug-likeness (QED) is 0.716. The molecule has 6 nitrogen and oxygen atoms in total. The number of carbonyl (C=O) groups is 1. The fourth-order valence-electron chi connectivity index (χ4n) is 3.88. The Bertz CT molecular complexity index is 1080. The van der Waals surface area contributed by atoms with Gasteiger partial charge in [-0.15, -0.1) is 0 Å². The van der Waals surface area contributed by atoms with Crippen molar-refractivity contribution >= 4 is 15.9 Å². The number of hydrogen-bond donors (Lipinski definition) is 0. The molecule has 10 heteroatoms. The zero-order chi connectivity index (χ0) is 22.2. The lowest BCUT2D eigenvalue weighted by Gasteiger charge is -2.36. The topological polar surface area (TPSA) is 66.9 Å². The molecule has 0 aromatic heterocycles. The highest BCUT2D eigenvalue weighted by molar-refractivity contribution is 7.89. The van der Waals surface area contributed by atoms with Gasteiger partial charge in [0.2, 0.25) is 15.9 Å². The van der Waals surface area contributed by atoms with Gasteiger partial charge in [0.25, 0.3) is 0 Å². The average Bonchev–Trinajstić information content (AvgIpc) is 2.78. The van der Waals surface area contributed by atoms with Gasteiger partial charge in [0.05, 0.1) is 16.4 Å². The van der Waals surface area contributed by atoms with Crippen LogP contribution in [0.15, 0.2) is 53.4 Å². The number of hydrogen-bond acceptors (Lipinski definition) is 4. The molecule has 0 spiro atoms. The Morgan fingerprint density at radius 2 is 1.71 bits per heavy atom. The van der Waals surface area contributed by atoms with Gasteiger partial charge >= 0.3 is 6.18 Å². The molecule has 2 heterocycles. The summed E-state index contributed by atoms with van der Waals surface area (Å²) in [7, 11) is -4.09. The third-order valence-electron chi connectivity index (χ3n) is 5.58. The standard InChI is InChI=1S/C21H21F3N2O4S/c22-21(23,24)17-5-3-6-18(13-17)31(28,29)26-10-8-25(9-11-26)20(27)16-12-15-4-1-2-7-19(15)30-14-16/h1-7,13,16H,8-12,14H2. The third-order valence-corrected chi connectivity index (χ3v) is 7.47. The van der Waals surface area contributed by atoms with E-state index in [9.17, 15) is 26.4 Å². The first-order chi connectivity index (χ1) is 14.7. The number of sulfonamides is 1. The van der Waals surface area contributed by atoms with E-state index < -0.39 is 26.7 Å². The number of fused-ring (bicyclic) bond motifs is 1. The number of para-hydroxylation sites is 1.